The van der Waals surface area contributed by atoms with E-state index in [1.54, 1.807) is 0 Å². The van der Waals surface area contributed by atoms with Crippen LogP contribution >= 0.6 is 0 Å². The minimum absolute atomic E-state index is 0. The molecule has 0 rings (SSSR count). The van der Waals surface area contributed by atoms with Gasteiger partial charge in [-0.2, -0.15) is 0 Å². The van der Waals surface area contributed by atoms with Crippen molar-refractivity contribution in [1.82, 2.24) is 0 Å². The van der Waals surface area contributed by atoms with E-state index in [9.17, 15) is 0 Å². The van der Waals surface area contributed by atoms with Crippen LogP contribution in [0.4, 0.5) is 0 Å². The average Bonchev–Trinajstić information content (AvgIpc) is 0. The molecule has 0 fully saturated rings. The van der Waals surface area contributed by atoms with E-state index in [4.69, 9.17) is 0 Å². The molecule has 0 radical (unpaired) electrons. The van der Waals surface area contributed by atoms with Crippen molar-refractivity contribution >= 4 is 97.8 Å². The SMILES string of the molecule is [Ba+2].[Ba+2].[F-].[F-].[F-].[F-]. The minimum Gasteiger partial charge on any atom is -1.00 e. The molecule has 0 aromatic rings. The molecule has 0 spiro atoms. The van der Waals surface area contributed by atoms with Gasteiger partial charge in [-0.25, -0.2) is 0 Å². The third kappa shape index (κ3) is 28.8. The number of rotatable bonds is 0. The van der Waals surface area contributed by atoms with E-state index >= 15 is 0 Å². The van der Waals surface area contributed by atoms with Crippen LogP contribution in [0.2, 0.25) is 0 Å². The zero-order chi connectivity index (χ0) is 0. The molecule has 0 bridgehead atoms. The van der Waals surface area contributed by atoms with Gasteiger partial charge in [0, 0.05) is 0 Å². The topological polar surface area (TPSA) is 0 Å². The first-order chi connectivity index (χ1) is 0. The Labute approximate surface area is 113 Å². The molecule has 0 aliphatic carbocycles. The molecule has 0 heterocycles. The fourth-order valence-corrected chi connectivity index (χ4v) is 0. The Bertz CT molecular complexity index is 5.51. The zero-order valence-corrected chi connectivity index (χ0v) is 11.8. The summed E-state index contributed by atoms with van der Waals surface area (Å²) in [6.45, 7) is 0. The standard InChI is InChI=1S/2Ba.4FH/h;;4*1H/q2*+2;;;;/p-4. The van der Waals surface area contributed by atoms with E-state index in [1.165, 1.54) is 0 Å². The first kappa shape index (κ1) is 66.9. The van der Waals surface area contributed by atoms with Crippen LogP contribution in [0.25, 0.3) is 0 Å². The molecule has 0 saturated carbocycles. The van der Waals surface area contributed by atoms with Crippen molar-refractivity contribution in [3.05, 3.63) is 0 Å². The van der Waals surface area contributed by atoms with Crippen LogP contribution in [0.3, 0.4) is 0 Å². The predicted octanol–water partition coefficient (Wildman–Crippen LogP) is -12.7. The normalized spacial score (nSPS) is 0. The number of hydrogen-bond donors (Lipinski definition) is 0. The van der Waals surface area contributed by atoms with Gasteiger partial charge in [0.1, 0.15) is 0 Å². The second kappa shape index (κ2) is 45.2. The van der Waals surface area contributed by atoms with Crippen LogP contribution < -0.4 is 18.8 Å². The van der Waals surface area contributed by atoms with E-state index in [0.717, 1.165) is 0 Å². The summed E-state index contributed by atoms with van der Waals surface area (Å²) in [5.74, 6) is 0. The quantitative estimate of drug-likeness (QED) is 0.301. The van der Waals surface area contributed by atoms with Crippen molar-refractivity contribution in [3.63, 3.8) is 0 Å². The van der Waals surface area contributed by atoms with Crippen LogP contribution in [0.15, 0.2) is 0 Å². The predicted molar refractivity (Wildman–Crippen MR) is 11.5 cm³/mol. The summed E-state index contributed by atoms with van der Waals surface area (Å²) in [4.78, 5) is 0. The fraction of sp³-hybridized carbons (Fsp3) is 0. The molecule has 0 aliphatic heterocycles. The molecule has 6 heteroatoms. The molecule has 0 N–H and O–H groups in total. The van der Waals surface area contributed by atoms with E-state index < -0.39 is 0 Å². The van der Waals surface area contributed by atoms with Gasteiger partial charge in [0.2, 0.25) is 0 Å². The maximum atomic E-state index is 0. The van der Waals surface area contributed by atoms with Crippen molar-refractivity contribution in [3.8, 4) is 0 Å². The summed E-state index contributed by atoms with van der Waals surface area (Å²) in [6.07, 6.45) is 0. The maximum absolute atomic E-state index is 0. The maximum Gasteiger partial charge on any atom is 2.00 e. The van der Waals surface area contributed by atoms with Gasteiger partial charge in [0.25, 0.3) is 0 Å². The van der Waals surface area contributed by atoms with Crippen molar-refractivity contribution < 1.29 is 18.8 Å². The van der Waals surface area contributed by atoms with Gasteiger partial charge in [0.15, 0.2) is 0 Å². The third-order valence-corrected chi connectivity index (χ3v) is 0. The summed E-state index contributed by atoms with van der Waals surface area (Å²) in [7, 11) is 0. The van der Waals surface area contributed by atoms with E-state index in [2.05, 4.69) is 0 Å². The number of hydrogen-bond acceptors (Lipinski definition) is 0. The van der Waals surface area contributed by atoms with E-state index in [-0.39, 0.29) is 117 Å². The second-order valence-corrected chi connectivity index (χ2v) is 0. The molecule has 0 saturated heterocycles. The van der Waals surface area contributed by atoms with Gasteiger partial charge < -0.3 is 18.8 Å². The van der Waals surface area contributed by atoms with Crippen LogP contribution in [0, 0.1) is 0 Å². The monoisotopic (exact) mass is 352 g/mol. The molecular formula is Ba2F4. The average molecular weight is 351 g/mol. The van der Waals surface area contributed by atoms with Gasteiger partial charge in [-0.1, -0.05) is 0 Å². The van der Waals surface area contributed by atoms with Gasteiger partial charge >= 0.3 is 97.8 Å². The zero-order valence-electron chi connectivity index (χ0n) is 2.93. The van der Waals surface area contributed by atoms with Crippen molar-refractivity contribution in [2.24, 2.45) is 0 Å². The van der Waals surface area contributed by atoms with Gasteiger partial charge in [-0.3, -0.25) is 0 Å². The Kier molecular flexibility index (Phi) is 503. The van der Waals surface area contributed by atoms with Gasteiger partial charge in [0.05, 0.1) is 0 Å². The van der Waals surface area contributed by atoms with Crippen LogP contribution in [-0.4, -0.2) is 97.8 Å². The summed E-state index contributed by atoms with van der Waals surface area (Å²) in [5.41, 5.74) is 0. The molecule has 0 aliphatic rings. The molecule has 0 unspecified atom stereocenters. The van der Waals surface area contributed by atoms with Crippen LogP contribution in [0.1, 0.15) is 0 Å². The molecule has 32 valence electrons. The van der Waals surface area contributed by atoms with Crippen LogP contribution in [0.5, 0.6) is 0 Å². The van der Waals surface area contributed by atoms with E-state index in [1.807, 2.05) is 0 Å². The van der Waals surface area contributed by atoms with Crippen molar-refractivity contribution in [2.75, 3.05) is 0 Å². The fourth-order valence-electron chi connectivity index (χ4n) is 0. The summed E-state index contributed by atoms with van der Waals surface area (Å²) in [6, 6.07) is 0. The molecule has 0 aromatic heterocycles. The van der Waals surface area contributed by atoms with Gasteiger partial charge in [-0.15, -0.1) is 0 Å². The molecule has 0 aromatic carbocycles. The number of halogens is 4. The third-order valence-electron chi connectivity index (χ3n) is 0. The smallest absolute Gasteiger partial charge is 1.00 e. The molecular weight excluding hydrogens is 351 g/mol. The first-order valence-electron chi connectivity index (χ1n) is 0. The Hall–Kier alpha value is 2.86. The largest absolute Gasteiger partial charge is 2.00 e. The molecule has 0 nitrogen and oxygen atoms in total. The summed E-state index contributed by atoms with van der Waals surface area (Å²) in [5, 5.41) is 0. The Morgan fingerprint density at radius 1 is 0.333 bits per heavy atom. The minimum atomic E-state index is 0. The van der Waals surface area contributed by atoms with E-state index in [0.29, 0.717) is 0 Å². The Balaban J connectivity index is 0. The molecule has 0 amide bonds. The van der Waals surface area contributed by atoms with Crippen LogP contribution in [-0.2, 0) is 0 Å². The Morgan fingerprint density at radius 3 is 0.333 bits per heavy atom. The first-order valence-corrected chi connectivity index (χ1v) is 0. The molecule has 6 heavy (non-hydrogen) atoms. The summed E-state index contributed by atoms with van der Waals surface area (Å²) < 4.78 is 0. The van der Waals surface area contributed by atoms with Gasteiger partial charge in [-0.05, 0) is 0 Å². The summed E-state index contributed by atoms with van der Waals surface area (Å²) >= 11 is 0. The second-order valence-electron chi connectivity index (χ2n) is 0. The molecule has 0 atom stereocenters. The van der Waals surface area contributed by atoms with Crippen molar-refractivity contribution in [2.45, 2.75) is 0 Å². The Morgan fingerprint density at radius 2 is 0.333 bits per heavy atom. The van der Waals surface area contributed by atoms with Crippen molar-refractivity contribution in [1.29, 1.82) is 0 Å².